The van der Waals surface area contributed by atoms with Gasteiger partial charge >= 0.3 is 0 Å². The van der Waals surface area contributed by atoms with E-state index in [0.717, 1.165) is 24.7 Å². The zero-order valence-electron chi connectivity index (χ0n) is 11.3. The van der Waals surface area contributed by atoms with Gasteiger partial charge in [-0.3, -0.25) is 4.90 Å². The first kappa shape index (κ1) is 12.2. The molecule has 3 nitrogen and oxygen atoms in total. The molecule has 0 amide bonds. The lowest BCUT2D eigenvalue weighted by atomic mass is 9.97. The van der Waals surface area contributed by atoms with Gasteiger partial charge < -0.3 is 9.73 Å². The molecule has 18 heavy (non-hydrogen) atoms. The van der Waals surface area contributed by atoms with Crippen LogP contribution in [0.4, 0.5) is 0 Å². The zero-order valence-corrected chi connectivity index (χ0v) is 11.3. The van der Waals surface area contributed by atoms with E-state index in [9.17, 15) is 0 Å². The number of furan rings is 1. The van der Waals surface area contributed by atoms with Gasteiger partial charge in [-0.15, -0.1) is 0 Å². The van der Waals surface area contributed by atoms with Crippen molar-refractivity contribution in [1.82, 2.24) is 10.2 Å². The molecule has 100 valence electrons. The standard InChI is InChI=1S/C15H24N2O/c1-2-6-17(10-12-5-7-18-11-12)15-8-13-3-4-14(9-15)16-13/h5,7,11,13-16H,2-4,6,8-10H2,1H3. The normalized spacial score (nSPS) is 31.1. The van der Waals surface area contributed by atoms with Crippen LogP contribution in [0.25, 0.3) is 0 Å². The molecule has 2 atom stereocenters. The monoisotopic (exact) mass is 248 g/mol. The number of nitrogens with zero attached hydrogens (tertiary/aromatic N) is 1. The fourth-order valence-electron chi connectivity index (χ4n) is 3.62. The Morgan fingerprint density at radius 1 is 1.33 bits per heavy atom. The molecule has 3 rings (SSSR count). The van der Waals surface area contributed by atoms with E-state index in [-0.39, 0.29) is 0 Å². The first-order valence-electron chi connectivity index (χ1n) is 7.36. The van der Waals surface area contributed by atoms with Crippen molar-refractivity contribution in [2.24, 2.45) is 0 Å². The smallest absolute Gasteiger partial charge is 0.0947 e. The van der Waals surface area contributed by atoms with Crippen molar-refractivity contribution < 1.29 is 4.42 Å². The molecule has 2 aliphatic heterocycles. The summed E-state index contributed by atoms with van der Waals surface area (Å²) in [5.41, 5.74) is 1.31. The van der Waals surface area contributed by atoms with E-state index in [1.54, 1.807) is 6.26 Å². The minimum Gasteiger partial charge on any atom is -0.472 e. The number of rotatable bonds is 5. The maximum Gasteiger partial charge on any atom is 0.0947 e. The third kappa shape index (κ3) is 2.62. The molecule has 2 fully saturated rings. The van der Waals surface area contributed by atoms with Gasteiger partial charge in [0.2, 0.25) is 0 Å². The molecule has 2 unspecified atom stereocenters. The zero-order chi connectivity index (χ0) is 12.4. The lowest BCUT2D eigenvalue weighted by molar-refractivity contribution is 0.133. The Hall–Kier alpha value is -0.800. The summed E-state index contributed by atoms with van der Waals surface area (Å²) in [7, 11) is 0. The maximum absolute atomic E-state index is 5.20. The second kappa shape index (κ2) is 5.45. The van der Waals surface area contributed by atoms with Gasteiger partial charge in [-0.1, -0.05) is 6.92 Å². The van der Waals surface area contributed by atoms with E-state index in [2.05, 4.69) is 23.2 Å². The van der Waals surface area contributed by atoms with Crippen LogP contribution < -0.4 is 5.32 Å². The van der Waals surface area contributed by atoms with Gasteiger partial charge in [-0.2, -0.15) is 0 Å². The number of piperidine rings is 1. The Kier molecular flexibility index (Phi) is 3.71. The van der Waals surface area contributed by atoms with Crippen LogP contribution in [-0.4, -0.2) is 29.6 Å². The van der Waals surface area contributed by atoms with Crippen molar-refractivity contribution in [3.63, 3.8) is 0 Å². The van der Waals surface area contributed by atoms with Gasteiger partial charge in [-0.25, -0.2) is 0 Å². The summed E-state index contributed by atoms with van der Waals surface area (Å²) in [6, 6.07) is 4.41. The van der Waals surface area contributed by atoms with Gasteiger partial charge in [0.25, 0.3) is 0 Å². The molecule has 1 aromatic rings. The molecule has 3 heterocycles. The summed E-state index contributed by atoms with van der Waals surface area (Å²) >= 11 is 0. The quantitative estimate of drug-likeness (QED) is 0.868. The van der Waals surface area contributed by atoms with Crippen molar-refractivity contribution in [2.75, 3.05) is 6.54 Å². The molecular weight excluding hydrogens is 224 g/mol. The molecule has 3 heteroatoms. The summed E-state index contributed by atoms with van der Waals surface area (Å²) in [6.45, 7) is 4.53. The molecular formula is C15H24N2O. The van der Waals surface area contributed by atoms with Gasteiger partial charge in [0.05, 0.1) is 12.5 Å². The maximum atomic E-state index is 5.20. The van der Waals surface area contributed by atoms with Crippen LogP contribution in [0.3, 0.4) is 0 Å². The predicted molar refractivity (Wildman–Crippen MR) is 72.4 cm³/mol. The molecule has 2 aliphatic rings. The van der Waals surface area contributed by atoms with Crippen molar-refractivity contribution in [3.05, 3.63) is 24.2 Å². The minimum absolute atomic E-state index is 0.763. The number of hydrogen-bond acceptors (Lipinski definition) is 3. The minimum atomic E-state index is 0.763. The molecule has 2 saturated heterocycles. The van der Waals surface area contributed by atoms with E-state index in [1.165, 1.54) is 44.2 Å². The van der Waals surface area contributed by atoms with E-state index in [0.29, 0.717) is 0 Å². The molecule has 1 aromatic heterocycles. The fourth-order valence-corrected chi connectivity index (χ4v) is 3.62. The molecule has 0 saturated carbocycles. The third-order valence-corrected chi connectivity index (χ3v) is 4.44. The summed E-state index contributed by atoms with van der Waals surface area (Å²) in [4.78, 5) is 2.66. The van der Waals surface area contributed by atoms with Crippen LogP contribution in [-0.2, 0) is 6.54 Å². The van der Waals surface area contributed by atoms with Crippen molar-refractivity contribution in [3.8, 4) is 0 Å². The van der Waals surface area contributed by atoms with Crippen LogP contribution in [0.1, 0.15) is 44.6 Å². The second-order valence-corrected chi connectivity index (χ2v) is 5.87. The largest absolute Gasteiger partial charge is 0.472 e. The van der Waals surface area contributed by atoms with Crippen LogP contribution in [0.2, 0.25) is 0 Å². The second-order valence-electron chi connectivity index (χ2n) is 5.87. The summed E-state index contributed by atoms with van der Waals surface area (Å²) < 4.78 is 5.20. The Morgan fingerprint density at radius 2 is 2.11 bits per heavy atom. The predicted octanol–water partition coefficient (Wildman–Crippen LogP) is 2.77. The van der Waals surface area contributed by atoms with Crippen molar-refractivity contribution in [2.45, 2.75) is 63.7 Å². The van der Waals surface area contributed by atoms with Crippen molar-refractivity contribution in [1.29, 1.82) is 0 Å². The van der Waals surface area contributed by atoms with Crippen LogP contribution in [0.15, 0.2) is 23.0 Å². The van der Waals surface area contributed by atoms with E-state index >= 15 is 0 Å². The molecule has 0 aliphatic carbocycles. The summed E-state index contributed by atoms with van der Waals surface area (Å²) in [5.74, 6) is 0. The molecule has 2 bridgehead atoms. The Balaban J connectivity index is 1.65. The van der Waals surface area contributed by atoms with Gasteiger partial charge in [0, 0.05) is 30.2 Å². The average Bonchev–Trinajstić information content (AvgIpc) is 2.99. The lowest BCUT2D eigenvalue weighted by Gasteiger charge is -2.37. The molecule has 1 N–H and O–H groups in total. The van der Waals surface area contributed by atoms with Gasteiger partial charge in [-0.05, 0) is 44.7 Å². The number of hydrogen-bond donors (Lipinski definition) is 1. The third-order valence-electron chi connectivity index (χ3n) is 4.44. The first-order chi connectivity index (χ1) is 8.85. The fraction of sp³-hybridized carbons (Fsp3) is 0.733. The molecule has 0 radical (unpaired) electrons. The average molecular weight is 248 g/mol. The number of nitrogens with one attached hydrogen (secondary N) is 1. The van der Waals surface area contributed by atoms with Crippen LogP contribution in [0.5, 0.6) is 0 Å². The van der Waals surface area contributed by atoms with E-state index < -0.39 is 0 Å². The summed E-state index contributed by atoms with van der Waals surface area (Å²) in [5, 5.41) is 3.73. The van der Waals surface area contributed by atoms with Gasteiger partial charge in [0.15, 0.2) is 0 Å². The summed E-state index contributed by atoms with van der Waals surface area (Å²) in [6.07, 6.45) is 10.3. The molecule has 0 spiro atoms. The van der Waals surface area contributed by atoms with Gasteiger partial charge in [0.1, 0.15) is 0 Å². The topological polar surface area (TPSA) is 28.4 Å². The SMILES string of the molecule is CCCN(Cc1ccoc1)C1CC2CCC(C1)N2. The van der Waals surface area contributed by atoms with Crippen LogP contribution >= 0.6 is 0 Å². The first-order valence-corrected chi connectivity index (χ1v) is 7.36. The Bertz CT molecular complexity index is 351. The number of fused-ring (bicyclic) bond motifs is 2. The highest BCUT2D eigenvalue weighted by Gasteiger charge is 2.35. The molecule has 0 aromatic carbocycles. The van der Waals surface area contributed by atoms with E-state index in [1.807, 2.05) is 6.26 Å². The highest BCUT2D eigenvalue weighted by Crippen LogP contribution is 2.30. The highest BCUT2D eigenvalue weighted by molar-refractivity contribution is 5.06. The Labute approximate surface area is 110 Å². The van der Waals surface area contributed by atoms with Crippen molar-refractivity contribution >= 4 is 0 Å². The van der Waals surface area contributed by atoms with Crippen LogP contribution in [0, 0.1) is 0 Å². The Morgan fingerprint density at radius 3 is 2.72 bits per heavy atom. The lowest BCUT2D eigenvalue weighted by Crippen LogP contribution is -2.48. The van der Waals surface area contributed by atoms with E-state index in [4.69, 9.17) is 4.42 Å². The highest BCUT2D eigenvalue weighted by atomic mass is 16.3.